The number of unbranched alkanes of at least 4 members (excludes halogenated alkanes) is 9. The van der Waals surface area contributed by atoms with Crippen LogP contribution in [-0.2, 0) is 26.2 Å². The van der Waals surface area contributed by atoms with Gasteiger partial charge in [-0.1, -0.05) is 77.6 Å². The molecule has 1 aliphatic carbocycles. The zero-order valence-corrected chi connectivity index (χ0v) is 16.9. The van der Waals surface area contributed by atoms with Crippen LogP contribution in [0.5, 0.6) is 0 Å². The number of hydrogen-bond acceptors (Lipinski definition) is 0. The van der Waals surface area contributed by atoms with Gasteiger partial charge in [0.2, 0.25) is 0 Å². The van der Waals surface area contributed by atoms with Gasteiger partial charge < -0.3 is 24.8 Å². The van der Waals surface area contributed by atoms with Crippen molar-refractivity contribution >= 4 is 0 Å². The first-order chi connectivity index (χ1) is 8.43. The molecular formula is C17H29Cl2Zr. The molecule has 0 aromatic heterocycles. The first kappa shape index (κ1) is 25.9. The summed E-state index contributed by atoms with van der Waals surface area (Å²) in [5.74, 6) is 0. The number of rotatable bonds is 11. The van der Waals surface area contributed by atoms with Crippen LogP contribution in [0, 0.1) is 6.08 Å². The average Bonchev–Trinajstić information content (AvgIpc) is 2.85. The Bertz CT molecular complexity index is 237. The second-order valence-electron chi connectivity index (χ2n) is 5.24. The van der Waals surface area contributed by atoms with E-state index in [-0.39, 0.29) is 51.0 Å². The Morgan fingerprint density at radius 2 is 1.35 bits per heavy atom. The van der Waals surface area contributed by atoms with Crippen LogP contribution in [0.4, 0.5) is 0 Å². The minimum absolute atomic E-state index is 0. The molecule has 0 nitrogen and oxygen atoms in total. The molecule has 1 radical (unpaired) electrons. The SMILES string of the molecule is CCCCCCCCCCCCC1=[C-]CC=C1.[Cl-].[Cl-].[Zr+3]. The van der Waals surface area contributed by atoms with Gasteiger partial charge in [-0.05, 0) is 0 Å². The van der Waals surface area contributed by atoms with Crippen molar-refractivity contribution in [3.05, 3.63) is 23.8 Å². The quantitative estimate of drug-likeness (QED) is 0.341. The summed E-state index contributed by atoms with van der Waals surface area (Å²) in [7, 11) is 0. The average molecular weight is 396 g/mol. The van der Waals surface area contributed by atoms with Crippen molar-refractivity contribution in [2.75, 3.05) is 0 Å². The van der Waals surface area contributed by atoms with Gasteiger partial charge in [0.05, 0.1) is 0 Å². The van der Waals surface area contributed by atoms with E-state index >= 15 is 0 Å². The van der Waals surface area contributed by atoms with Crippen LogP contribution in [0.1, 0.15) is 84.0 Å². The van der Waals surface area contributed by atoms with Gasteiger partial charge in [-0.25, -0.2) is 11.6 Å². The molecule has 0 amide bonds. The fourth-order valence-electron chi connectivity index (χ4n) is 2.42. The van der Waals surface area contributed by atoms with Gasteiger partial charge in [0, 0.05) is 0 Å². The van der Waals surface area contributed by atoms with Crippen LogP contribution >= 0.6 is 0 Å². The van der Waals surface area contributed by atoms with Crippen LogP contribution in [0.2, 0.25) is 0 Å². The second kappa shape index (κ2) is 19.9. The maximum atomic E-state index is 3.39. The molecule has 3 heteroatoms. The van der Waals surface area contributed by atoms with Crippen molar-refractivity contribution in [1.82, 2.24) is 0 Å². The van der Waals surface area contributed by atoms with Crippen molar-refractivity contribution in [3.63, 3.8) is 0 Å². The van der Waals surface area contributed by atoms with Crippen LogP contribution in [0.15, 0.2) is 17.7 Å². The van der Waals surface area contributed by atoms with E-state index in [0.717, 1.165) is 6.42 Å². The molecule has 0 heterocycles. The van der Waals surface area contributed by atoms with E-state index in [9.17, 15) is 0 Å². The van der Waals surface area contributed by atoms with E-state index in [0.29, 0.717) is 0 Å². The third-order valence-corrected chi connectivity index (χ3v) is 3.57. The molecule has 0 aromatic rings. The Hall–Kier alpha value is 0.943. The molecule has 1 aliphatic rings. The Morgan fingerprint density at radius 1 is 0.850 bits per heavy atom. The number of halogens is 2. The largest absolute Gasteiger partial charge is 3.00 e. The summed E-state index contributed by atoms with van der Waals surface area (Å²) >= 11 is 0. The van der Waals surface area contributed by atoms with E-state index in [1.165, 1.54) is 76.2 Å². The van der Waals surface area contributed by atoms with Gasteiger partial charge in [0.15, 0.2) is 0 Å². The van der Waals surface area contributed by atoms with Gasteiger partial charge in [-0.15, -0.1) is 6.42 Å². The van der Waals surface area contributed by atoms with Crippen molar-refractivity contribution in [2.24, 2.45) is 0 Å². The Labute approximate surface area is 158 Å². The van der Waals surface area contributed by atoms with Crippen LogP contribution in [0.25, 0.3) is 0 Å². The molecule has 0 saturated heterocycles. The van der Waals surface area contributed by atoms with Gasteiger partial charge in [0.25, 0.3) is 0 Å². The topological polar surface area (TPSA) is 0 Å². The van der Waals surface area contributed by atoms with Crippen molar-refractivity contribution < 1.29 is 51.0 Å². The normalized spacial score (nSPS) is 12.2. The molecule has 0 aliphatic heterocycles. The van der Waals surface area contributed by atoms with Crippen molar-refractivity contribution in [2.45, 2.75) is 84.0 Å². The zero-order valence-electron chi connectivity index (χ0n) is 12.9. The smallest absolute Gasteiger partial charge is 1.00 e. The van der Waals surface area contributed by atoms with Gasteiger partial charge >= 0.3 is 26.2 Å². The molecule has 0 saturated carbocycles. The molecule has 0 bridgehead atoms. The maximum absolute atomic E-state index is 3.39. The van der Waals surface area contributed by atoms with Crippen molar-refractivity contribution in [1.29, 1.82) is 0 Å². The van der Waals surface area contributed by atoms with E-state index in [1.54, 1.807) is 0 Å². The Morgan fingerprint density at radius 3 is 1.80 bits per heavy atom. The predicted octanol–water partition coefficient (Wildman–Crippen LogP) is -0.00761. The fourth-order valence-corrected chi connectivity index (χ4v) is 2.42. The maximum Gasteiger partial charge on any atom is 3.00 e. The van der Waals surface area contributed by atoms with Gasteiger partial charge in [-0.2, -0.15) is 6.08 Å². The standard InChI is InChI=1S/C17H29.2ClH.Zr/c1-2-3-4-5-6-7-8-9-10-11-14-17-15-12-13-16-17;;;/h12,15H,2-11,13-14H2,1H3;2*1H;/q-1;;;+3/p-2. The molecule has 0 atom stereocenters. The molecule has 0 N–H and O–H groups in total. The van der Waals surface area contributed by atoms with E-state index in [4.69, 9.17) is 0 Å². The number of hydrogen-bond donors (Lipinski definition) is 0. The summed E-state index contributed by atoms with van der Waals surface area (Å²) in [4.78, 5) is 0. The Kier molecular flexibility index (Phi) is 25.8. The fraction of sp³-hybridized carbons (Fsp3) is 0.765. The first-order valence-corrected chi connectivity index (χ1v) is 7.69. The van der Waals surface area contributed by atoms with Gasteiger partial charge in [0.1, 0.15) is 0 Å². The summed E-state index contributed by atoms with van der Waals surface area (Å²) in [6.07, 6.45) is 24.4. The molecular weight excluding hydrogens is 366 g/mol. The molecule has 115 valence electrons. The van der Waals surface area contributed by atoms with E-state index in [2.05, 4.69) is 25.2 Å². The zero-order chi connectivity index (χ0) is 12.2. The summed E-state index contributed by atoms with van der Waals surface area (Å²) < 4.78 is 0. The van der Waals surface area contributed by atoms with E-state index in [1.807, 2.05) is 0 Å². The minimum Gasteiger partial charge on any atom is -1.00 e. The number of allylic oxidation sites excluding steroid dienone is 4. The Balaban J connectivity index is -0.000000963. The summed E-state index contributed by atoms with van der Waals surface area (Å²) in [6, 6.07) is 0. The summed E-state index contributed by atoms with van der Waals surface area (Å²) in [5, 5.41) is 0. The van der Waals surface area contributed by atoms with Gasteiger partial charge in [-0.3, -0.25) is 6.08 Å². The first-order valence-electron chi connectivity index (χ1n) is 7.69. The van der Waals surface area contributed by atoms with Crippen LogP contribution in [-0.4, -0.2) is 0 Å². The monoisotopic (exact) mass is 393 g/mol. The minimum atomic E-state index is 0. The van der Waals surface area contributed by atoms with Crippen molar-refractivity contribution in [3.8, 4) is 0 Å². The molecule has 0 spiro atoms. The molecule has 1 rings (SSSR count). The molecule has 20 heavy (non-hydrogen) atoms. The summed E-state index contributed by atoms with van der Waals surface area (Å²) in [6.45, 7) is 2.28. The molecule has 0 fully saturated rings. The van der Waals surface area contributed by atoms with E-state index < -0.39 is 0 Å². The molecule has 0 aromatic carbocycles. The second-order valence-corrected chi connectivity index (χ2v) is 5.24. The third kappa shape index (κ3) is 15.3. The van der Waals surface area contributed by atoms with Crippen LogP contribution in [0.3, 0.4) is 0 Å². The van der Waals surface area contributed by atoms with Crippen LogP contribution < -0.4 is 24.8 Å². The third-order valence-electron chi connectivity index (χ3n) is 3.57. The molecule has 0 unspecified atom stereocenters. The predicted molar refractivity (Wildman–Crippen MR) is 77.0 cm³/mol. The summed E-state index contributed by atoms with van der Waals surface area (Å²) in [5.41, 5.74) is 1.45.